The first-order chi connectivity index (χ1) is 19.1. The minimum absolute atomic E-state index is 0.0665. The first-order valence-corrected chi connectivity index (χ1v) is 14.4. The number of nitro groups is 1. The molecule has 5 rings (SSSR count). The van der Waals surface area contributed by atoms with E-state index in [0.29, 0.717) is 29.0 Å². The van der Waals surface area contributed by atoms with Crippen molar-refractivity contribution >= 4 is 34.7 Å². The van der Waals surface area contributed by atoms with Crippen LogP contribution in [0.1, 0.15) is 83.3 Å². The van der Waals surface area contributed by atoms with Gasteiger partial charge in [0.15, 0.2) is 5.76 Å². The van der Waals surface area contributed by atoms with E-state index in [1.54, 1.807) is 25.1 Å². The third-order valence-electron chi connectivity index (χ3n) is 8.60. The Kier molecular flexibility index (Phi) is 7.39. The molecule has 0 spiro atoms. The number of hydrogen-bond acceptors (Lipinski definition) is 7. The number of carbonyl (C=O) groups excluding carboxylic acids is 2. The monoisotopic (exact) mass is 564 g/mol. The molecule has 10 heteroatoms. The quantitative estimate of drug-likeness (QED) is 0.198. The van der Waals surface area contributed by atoms with Crippen molar-refractivity contribution in [2.24, 2.45) is 11.8 Å². The number of non-ortho nitro benzene ring substituents is 1. The van der Waals surface area contributed by atoms with Crippen LogP contribution in [0.3, 0.4) is 0 Å². The molecule has 1 aromatic carbocycles. The number of carbonyl (C=O) groups is 3. The van der Waals surface area contributed by atoms with Gasteiger partial charge in [0.25, 0.3) is 5.69 Å². The highest BCUT2D eigenvalue weighted by Gasteiger charge is 2.66. The van der Waals surface area contributed by atoms with Gasteiger partial charge >= 0.3 is 5.97 Å². The predicted molar refractivity (Wildman–Crippen MR) is 148 cm³/mol. The topological polar surface area (TPSA) is 131 Å². The number of furan rings is 1. The number of carboxylic acids is 1. The Morgan fingerprint density at radius 1 is 1.10 bits per heavy atom. The number of benzene rings is 1. The van der Waals surface area contributed by atoms with Crippen molar-refractivity contribution in [3.05, 3.63) is 85.5 Å². The molecule has 1 aliphatic heterocycles. The molecule has 0 bridgehead atoms. The maximum absolute atomic E-state index is 14.4. The summed E-state index contributed by atoms with van der Waals surface area (Å²) in [4.78, 5) is 55.5. The van der Waals surface area contributed by atoms with Gasteiger partial charge in [-0.15, -0.1) is 11.3 Å². The fraction of sp³-hybridized carbons (Fsp3) is 0.433. The number of Topliss-reactive ketones (excluding diaryl/α,β-unsaturated/α-hetero) is 1. The highest BCUT2D eigenvalue weighted by Crippen LogP contribution is 2.58. The average Bonchev–Trinajstić information content (AvgIpc) is 3.64. The summed E-state index contributed by atoms with van der Waals surface area (Å²) in [5.41, 5.74) is -0.832. The maximum Gasteiger partial charge on any atom is 0.330 e. The van der Waals surface area contributed by atoms with E-state index in [0.717, 1.165) is 24.8 Å². The van der Waals surface area contributed by atoms with Crippen molar-refractivity contribution in [1.29, 1.82) is 0 Å². The zero-order valence-electron chi connectivity index (χ0n) is 22.7. The van der Waals surface area contributed by atoms with Gasteiger partial charge in [0.2, 0.25) is 11.7 Å². The van der Waals surface area contributed by atoms with Crippen LogP contribution in [-0.2, 0) is 9.59 Å². The van der Waals surface area contributed by atoms with Gasteiger partial charge in [0.1, 0.15) is 11.3 Å². The Morgan fingerprint density at radius 2 is 1.82 bits per heavy atom. The van der Waals surface area contributed by atoms with Crippen molar-refractivity contribution in [1.82, 2.24) is 4.90 Å². The minimum Gasteiger partial charge on any atom is -0.479 e. The van der Waals surface area contributed by atoms with E-state index in [1.165, 1.54) is 41.4 Å². The minimum atomic E-state index is -1.80. The van der Waals surface area contributed by atoms with Crippen molar-refractivity contribution in [2.45, 2.75) is 70.4 Å². The summed E-state index contributed by atoms with van der Waals surface area (Å²) in [6.45, 7) is 5.09. The molecule has 1 saturated heterocycles. The highest BCUT2D eigenvalue weighted by atomic mass is 32.1. The molecular formula is C30H32N2O7S. The molecule has 210 valence electrons. The summed E-state index contributed by atoms with van der Waals surface area (Å²) in [5, 5.41) is 24.5. The van der Waals surface area contributed by atoms with Crippen LogP contribution in [0, 0.1) is 35.8 Å². The molecule has 2 aliphatic rings. The summed E-state index contributed by atoms with van der Waals surface area (Å²) in [5.74, 6) is -3.77. The smallest absolute Gasteiger partial charge is 0.330 e. The lowest BCUT2D eigenvalue weighted by Crippen LogP contribution is -2.55. The van der Waals surface area contributed by atoms with Gasteiger partial charge in [0, 0.05) is 28.8 Å². The molecular weight excluding hydrogens is 532 g/mol. The number of nitro benzene ring substituents is 1. The van der Waals surface area contributed by atoms with E-state index in [4.69, 9.17) is 4.42 Å². The van der Waals surface area contributed by atoms with Crippen molar-refractivity contribution in [2.75, 3.05) is 0 Å². The predicted octanol–water partition coefficient (Wildman–Crippen LogP) is 6.46. The Morgan fingerprint density at radius 3 is 2.40 bits per heavy atom. The lowest BCUT2D eigenvalue weighted by Gasteiger charge is -2.40. The number of likely N-dealkylation sites (tertiary alicyclic amines) is 1. The van der Waals surface area contributed by atoms with Gasteiger partial charge in [0.05, 0.1) is 16.9 Å². The van der Waals surface area contributed by atoms with Crippen LogP contribution in [0.15, 0.2) is 52.3 Å². The van der Waals surface area contributed by atoms with Crippen molar-refractivity contribution < 1.29 is 28.8 Å². The lowest BCUT2D eigenvalue weighted by atomic mass is 9.74. The largest absolute Gasteiger partial charge is 0.479 e. The Hall–Kier alpha value is -3.79. The summed E-state index contributed by atoms with van der Waals surface area (Å²) >= 11 is 1.35. The number of amides is 1. The van der Waals surface area contributed by atoms with E-state index < -0.39 is 46.0 Å². The van der Waals surface area contributed by atoms with Crippen molar-refractivity contribution in [3.8, 4) is 0 Å². The molecule has 3 aromatic rings. The van der Waals surface area contributed by atoms with Gasteiger partial charge in [-0.3, -0.25) is 19.7 Å². The summed E-state index contributed by atoms with van der Waals surface area (Å²) in [6.07, 6.45) is 3.98. The molecule has 2 aromatic heterocycles. The molecule has 4 atom stereocenters. The van der Waals surface area contributed by atoms with Crippen LogP contribution in [0.25, 0.3) is 0 Å². The molecule has 0 radical (unpaired) electrons. The second-order valence-corrected chi connectivity index (χ2v) is 12.0. The molecule has 2 fully saturated rings. The number of rotatable bonds is 7. The number of thiophene rings is 1. The van der Waals surface area contributed by atoms with Gasteiger partial charge in [-0.1, -0.05) is 31.4 Å². The molecule has 1 saturated carbocycles. The first-order valence-electron chi connectivity index (χ1n) is 13.5. The van der Waals surface area contributed by atoms with E-state index in [2.05, 4.69) is 0 Å². The highest BCUT2D eigenvalue weighted by molar-refractivity contribution is 7.10. The molecule has 3 heterocycles. The van der Waals surface area contributed by atoms with Crippen LogP contribution in [0.5, 0.6) is 0 Å². The second-order valence-electron chi connectivity index (χ2n) is 11.0. The van der Waals surface area contributed by atoms with E-state index in [1.807, 2.05) is 18.4 Å². The molecule has 4 unspecified atom stereocenters. The number of aryl methyl sites for hydroxylation is 2. The summed E-state index contributed by atoms with van der Waals surface area (Å²) in [7, 11) is 0. The number of carboxylic acid groups (broad SMARTS) is 1. The molecule has 9 nitrogen and oxygen atoms in total. The zero-order chi connectivity index (χ0) is 28.8. The summed E-state index contributed by atoms with van der Waals surface area (Å²) in [6, 6.07) is 9.88. The van der Waals surface area contributed by atoms with Gasteiger partial charge in [-0.2, -0.15) is 0 Å². The standard InChI is InChI=1S/C30H32N2O7S/c1-17-14-15-40-27(17)24-23(26(33)22-13-12-18(2)39-22)25(20-10-7-11-21(16-20)32(37)38)31(30(24,3)29(35)36)28(34)19-8-5-4-6-9-19/h7,10-16,19,23-25H,4-6,8-9H2,1-3H3,(H,35,36). The maximum atomic E-state index is 14.4. The zero-order valence-corrected chi connectivity index (χ0v) is 23.5. The number of aliphatic carboxylic acids is 1. The molecule has 1 N–H and O–H groups in total. The molecule has 1 aliphatic carbocycles. The number of nitrogens with zero attached hydrogens (tertiary/aromatic N) is 2. The van der Waals surface area contributed by atoms with Crippen LogP contribution >= 0.6 is 11.3 Å². The van der Waals surface area contributed by atoms with Crippen LogP contribution in [0.4, 0.5) is 5.69 Å². The van der Waals surface area contributed by atoms with Gasteiger partial charge < -0.3 is 14.4 Å². The van der Waals surface area contributed by atoms with Gasteiger partial charge in [-0.25, -0.2) is 4.79 Å². The second kappa shape index (κ2) is 10.6. The number of hydrogen-bond donors (Lipinski definition) is 1. The summed E-state index contributed by atoms with van der Waals surface area (Å²) < 4.78 is 5.74. The van der Waals surface area contributed by atoms with Gasteiger partial charge in [-0.05, 0) is 68.3 Å². The normalized spacial score (nSPS) is 25.2. The molecule has 1 amide bonds. The Balaban J connectivity index is 1.80. The fourth-order valence-corrected chi connectivity index (χ4v) is 7.80. The van der Waals surface area contributed by atoms with E-state index in [-0.39, 0.29) is 17.4 Å². The van der Waals surface area contributed by atoms with Crippen LogP contribution < -0.4 is 0 Å². The van der Waals surface area contributed by atoms with Crippen LogP contribution in [0.2, 0.25) is 0 Å². The van der Waals surface area contributed by atoms with Crippen molar-refractivity contribution in [3.63, 3.8) is 0 Å². The first kappa shape index (κ1) is 27.8. The SMILES string of the molecule is Cc1ccc(C(=O)C2C(c3cccc([N+](=O)[O-])c3)N(C(=O)C3CCCCC3)C(C)(C(=O)O)C2c2sccc2C)o1. The lowest BCUT2D eigenvalue weighted by molar-refractivity contribution is -0.385. The third-order valence-corrected chi connectivity index (χ3v) is 9.70. The Bertz CT molecular complexity index is 1470. The average molecular weight is 565 g/mol. The fourth-order valence-electron chi connectivity index (χ4n) is 6.61. The molecule has 40 heavy (non-hydrogen) atoms. The van der Waals surface area contributed by atoms with Crippen LogP contribution in [-0.4, -0.2) is 38.1 Å². The third kappa shape index (κ3) is 4.54. The number of ketones is 1. The Labute approximate surface area is 235 Å². The van der Waals surface area contributed by atoms with E-state index >= 15 is 0 Å². The van der Waals surface area contributed by atoms with E-state index in [9.17, 15) is 29.6 Å².